The normalized spacial score (nSPS) is 9.42. The first-order valence-corrected chi connectivity index (χ1v) is 3.73. The summed E-state index contributed by atoms with van der Waals surface area (Å²) in [5, 5.41) is 0. The second kappa shape index (κ2) is 3.68. The highest BCUT2D eigenvalue weighted by Gasteiger charge is 1.97. The summed E-state index contributed by atoms with van der Waals surface area (Å²) in [4.78, 5) is 0. The summed E-state index contributed by atoms with van der Waals surface area (Å²) in [5.74, 6) is 0. The number of aromatic nitrogens is 1. The fraction of sp³-hybridized carbons (Fsp3) is 0.100. The maximum Gasteiger partial charge on any atom is 0.210 e. The highest BCUT2D eigenvalue weighted by Crippen LogP contribution is 1.97. The molecular weight excluding hydrogens is 214 g/mol. The number of rotatable bonds is 0. The molecule has 2 heteroatoms. The van der Waals surface area contributed by atoms with Crippen molar-refractivity contribution in [3.63, 3.8) is 0 Å². The van der Waals surface area contributed by atoms with Crippen LogP contribution in [0.5, 0.6) is 0 Å². The third kappa shape index (κ3) is 1.64. The molecule has 2 aromatic rings. The summed E-state index contributed by atoms with van der Waals surface area (Å²) in [5.41, 5.74) is 2.52. The third-order valence-corrected chi connectivity index (χ3v) is 1.78. The van der Waals surface area contributed by atoms with Gasteiger partial charge in [-0.2, -0.15) is 4.40 Å². The predicted molar refractivity (Wildman–Crippen MR) is 44.3 cm³/mol. The maximum atomic E-state index is 2.12. The molecular formula is C10H10BrN. The smallest absolute Gasteiger partial charge is 0.210 e. The minimum absolute atomic E-state index is 0. The van der Waals surface area contributed by atoms with E-state index in [-0.39, 0.29) is 17.0 Å². The van der Waals surface area contributed by atoms with Crippen LogP contribution >= 0.6 is 0 Å². The van der Waals surface area contributed by atoms with Crippen LogP contribution in [0.2, 0.25) is 0 Å². The van der Waals surface area contributed by atoms with Crippen molar-refractivity contribution in [1.29, 1.82) is 0 Å². The summed E-state index contributed by atoms with van der Waals surface area (Å²) >= 11 is 0. The van der Waals surface area contributed by atoms with E-state index < -0.39 is 0 Å². The minimum atomic E-state index is 0. The van der Waals surface area contributed by atoms with E-state index in [0.29, 0.717) is 0 Å². The fourth-order valence-corrected chi connectivity index (χ4v) is 1.21. The van der Waals surface area contributed by atoms with Crippen LogP contribution in [-0.2, 0) is 0 Å². The number of hydrogen-bond acceptors (Lipinski definition) is 0. The Hall–Kier alpha value is -0.890. The molecule has 2 aromatic heterocycles. The first kappa shape index (κ1) is 9.20. The van der Waals surface area contributed by atoms with Crippen molar-refractivity contribution >= 4 is 5.52 Å². The van der Waals surface area contributed by atoms with Gasteiger partial charge in [-0.05, 0) is 19.1 Å². The molecule has 0 saturated heterocycles. The van der Waals surface area contributed by atoms with Gasteiger partial charge >= 0.3 is 0 Å². The number of pyridine rings is 2. The molecule has 0 bridgehead atoms. The molecule has 0 atom stereocenters. The highest BCUT2D eigenvalue weighted by atomic mass is 79.9. The van der Waals surface area contributed by atoms with Gasteiger partial charge in [0.05, 0.1) is 0 Å². The van der Waals surface area contributed by atoms with Crippen molar-refractivity contribution < 1.29 is 21.4 Å². The van der Waals surface area contributed by atoms with Gasteiger partial charge in [-0.3, -0.25) is 0 Å². The Balaban J connectivity index is 0.000000720. The number of halogens is 1. The van der Waals surface area contributed by atoms with Gasteiger partial charge in [0, 0.05) is 23.8 Å². The van der Waals surface area contributed by atoms with Crippen LogP contribution in [0.1, 0.15) is 5.56 Å². The van der Waals surface area contributed by atoms with E-state index in [1.807, 2.05) is 12.1 Å². The van der Waals surface area contributed by atoms with Crippen LogP contribution in [0.15, 0.2) is 42.7 Å². The average molecular weight is 224 g/mol. The summed E-state index contributed by atoms with van der Waals surface area (Å²) in [6.07, 6.45) is 4.18. The summed E-state index contributed by atoms with van der Waals surface area (Å²) in [6.45, 7) is 2.10. The second-order valence-corrected chi connectivity index (χ2v) is 2.74. The van der Waals surface area contributed by atoms with Crippen LogP contribution in [0.4, 0.5) is 0 Å². The van der Waals surface area contributed by atoms with E-state index in [9.17, 15) is 0 Å². The SMILES string of the molecule is Cc1ccc2cccc[n+]2c1.[Br-]. The molecule has 1 nitrogen and oxygen atoms in total. The van der Waals surface area contributed by atoms with Crippen LogP contribution in [-0.4, -0.2) is 0 Å². The summed E-state index contributed by atoms with van der Waals surface area (Å²) in [7, 11) is 0. The third-order valence-electron chi connectivity index (χ3n) is 1.78. The lowest BCUT2D eigenvalue weighted by Crippen LogP contribution is -3.00. The Labute approximate surface area is 82.4 Å². The van der Waals surface area contributed by atoms with E-state index in [1.54, 1.807) is 0 Å². The molecule has 0 radical (unpaired) electrons. The standard InChI is InChI=1S/C10H10N.BrH/c1-9-5-6-10-4-2-3-7-11(10)8-9;/h2-8H,1H3;1H/q+1;/p-1. The first-order valence-electron chi connectivity index (χ1n) is 3.73. The molecule has 2 heterocycles. The van der Waals surface area contributed by atoms with Gasteiger partial charge in [-0.25, -0.2) is 0 Å². The zero-order valence-electron chi connectivity index (χ0n) is 6.87. The van der Waals surface area contributed by atoms with Gasteiger partial charge in [0.25, 0.3) is 0 Å². The monoisotopic (exact) mass is 223 g/mol. The van der Waals surface area contributed by atoms with Crippen LogP contribution in [0.25, 0.3) is 5.52 Å². The van der Waals surface area contributed by atoms with Crippen LogP contribution < -0.4 is 21.4 Å². The molecule has 0 unspecified atom stereocenters. The molecule has 0 fully saturated rings. The van der Waals surface area contributed by atoms with E-state index in [4.69, 9.17) is 0 Å². The van der Waals surface area contributed by atoms with Crippen molar-refractivity contribution in [2.75, 3.05) is 0 Å². The molecule has 0 aliphatic heterocycles. The molecule has 0 N–H and O–H groups in total. The topological polar surface area (TPSA) is 4.10 Å². The maximum absolute atomic E-state index is 2.12. The van der Waals surface area contributed by atoms with E-state index in [1.165, 1.54) is 11.1 Å². The minimum Gasteiger partial charge on any atom is -1.00 e. The number of nitrogens with zero attached hydrogens (tertiary/aromatic N) is 1. The fourth-order valence-electron chi connectivity index (χ4n) is 1.21. The van der Waals surface area contributed by atoms with Gasteiger partial charge in [0.15, 0.2) is 12.4 Å². The Morgan fingerprint density at radius 2 is 1.92 bits per heavy atom. The van der Waals surface area contributed by atoms with Crippen LogP contribution in [0, 0.1) is 6.92 Å². The molecule has 0 saturated carbocycles. The second-order valence-electron chi connectivity index (χ2n) is 2.74. The molecule has 0 aliphatic carbocycles. The molecule has 2 rings (SSSR count). The molecule has 0 amide bonds. The van der Waals surface area contributed by atoms with Gasteiger partial charge in [-0.1, -0.05) is 0 Å². The van der Waals surface area contributed by atoms with Gasteiger partial charge in [-0.15, -0.1) is 0 Å². The lowest BCUT2D eigenvalue weighted by atomic mass is 10.3. The number of fused-ring (bicyclic) bond motifs is 1. The van der Waals surface area contributed by atoms with Gasteiger partial charge in [0.1, 0.15) is 0 Å². The average Bonchev–Trinajstić information content (AvgIpc) is 2.04. The molecule has 12 heavy (non-hydrogen) atoms. The van der Waals surface area contributed by atoms with Crippen molar-refractivity contribution in [2.24, 2.45) is 0 Å². The Bertz CT molecular complexity index is 384. The quantitative estimate of drug-likeness (QED) is 0.492. The van der Waals surface area contributed by atoms with Crippen molar-refractivity contribution in [3.8, 4) is 0 Å². The predicted octanol–water partition coefficient (Wildman–Crippen LogP) is -1.26. The zero-order chi connectivity index (χ0) is 7.68. The van der Waals surface area contributed by atoms with E-state index >= 15 is 0 Å². The molecule has 0 aromatic carbocycles. The molecule has 62 valence electrons. The first-order chi connectivity index (χ1) is 5.36. The van der Waals surface area contributed by atoms with Crippen molar-refractivity contribution in [2.45, 2.75) is 6.92 Å². The van der Waals surface area contributed by atoms with Crippen molar-refractivity contribution in [3.05, 3.63) is 48.3 Å². The van der Waals surface area contributed by atoms with E-state index in [2.05, 4.69) is 41.9 Å². The van der Waals surface area contributed by atoms with E-state index in [0.717, 1.165) is 0 Å². The van der Waals surface area contributed by atoms with Gasteiger partial charge < -0.3 is 17.0 Å². The number of aryl methyl sites for hydroxylation is 1. The molecule has 0 aliphatic rings. The van der Waals surface area contributed by atoms with Crippen LogP contribution in [0.3, 0.4) is 0 Å². The summed E-state index contributed by atoms with van der Waals surface area (Å²) < 4.78 is 2.12. The zero-order valence-corrected chi connectivity index (χ0v) is 8.45. The number of hydrogen-bond donors (Lipinski definition) is 0. The van der Waals surface area contributed by atoms with Gasteiger partial charge in [0.2, 0.25) is 5.52 Å². The Kier molecular flexibility index (Phi) is 2.82. The Morgan fingerprint density at radius 3 is 2.75 bits per heavy atom. The Morgan fingerprint density at radius 1 is 1.08 bits per heavy atom. The lowest BCUT2D eigenvalue weighted by molar-refractivity contribution is -0.512. The highest BCUT2D eigenvalue weighted by molar-refractivity contribution is 5.38. The molecule has 0 spiro atoms. The lowest BCUT2D eigenvalue weighted by Gasteiger charge is -1.89. The largest absolute Gasteiger partial charge is 1.00 e. The van der Waals surface area contributed by atoms with Crippen molar-refractivity contribution in [1.82, 2.24) is 0 Å². The summed E-state index contributed by atoms with van der Waals surface area (Å²) in [6, 6.07) is 10.4.